The van der Waals surface area contributed by atoms with Gasteiger partial charge in [-0.2, -0.15) is 9.61 Å². The number of fused-ring (bicyclic) bond motifs is 1. The summed E-state index contributed by atoms with van der Waals surface area (Å²) >= 11 is 1.23. The summed E-state index contributed by atoms with van der Waals surface area (Å²) in [6.07, 6.45) is -0.934. The highest BCUT2D eigenvalue weighted by Gasteiger charge is 2.12. The topological polar surface area (TPSA) is 93.8 Å². The van der Waals surface area contributed by atoms with Crippen LogP contribution in [0.15, 0.2) is 16.4 Å². The standard InChI is InChI=1S/C9H9N3O4S/c1-5(8(14)15)16-3-6-2-7(13)12-9(11-6)17-4-10-12/h2,4-5H,3H2,1H3,(H,14,15). The van der Waals surface area contributed by atoms with Crippen LogP contribution in [-0.2, 0) is 16.1 Å². The highest BCUT2D eigenvalue weighted by molar-refractivity contribution is 7.14. The highest BCUT2D eigenvalue weighted by Crippen LogP contribution is 2.05. The Morgan fingerprint density at radius 3 is 3.18 bits per heavy atom. The molecule has 0 saturated carbocycles. The van der Waals surface area contributed by atoms with Gasteiger partial charge in [-0.15, -0.1) is 0 Å². The molecule has 2 rings (SSSR count). The van der Waals surface area contributed by atoms with E-state index in [1.165, 1.54) is 34.4 Å². The van der Waals surface area contributed by atoms with Gasteiger partial charge in [-0.05, 0) is 6.92 Å². The molecule has 0 fully saturated rings. The molecule has 0 bridgehead atoms. The second-order valence-corrected chi connectivity index (χ2v) is 4.12. The van der Waals surface area contributed by atoms with Crippen molar-refractivity contribution in [2.75, 3.05) is 0 Å². The summed E-state index contributed by atoms with van der Waals surface area (Å²) in [5.74, 6) is -1.06. The lowest BCUT2D eigenvalue weighted by Crippen LogP contribution is -2.21. The molecular weight excluding hydrogens is 246 g/mol. The molecule has 0 amide bonds. The minimum atomic E-state index is -1.06. The van der Waals surface area contributed by atoms with Gasteiger partial charge in [0.25, 0.3) is 5.56 Å². The summed E-state index contributed by atoms with van der Waals surface area (Å²) in [5, 5.41) is 12.4. The number of aromatic nitrogens is 3. The summed E-state index contributed by atoms with van der Waals surface area (Å²) in [6, 6.07) is 1.28. The molecule has 17 heavy (non-hydrogen) atoms. The van der Waals surface area contributed by atoms with Crippen molar-refractivity contribution in [1.82, 2.24) is 14.6 Å². The van der Waals surface area contributed by atoms with Crippen LogP contribution in [0.3, 0.4) is 0 Å². The molecule has 0 aliphatic heterocycles. The lowest BCUT2D eigenvalue weighted by Gasteiger charge is -2.07. The van der Waals surface area contributed by atoms with Gasteiger partial charge in [0, 0.05) is 6.07 Å². The van der Waals surface area contributed by atoms with E-state index in [0.717, 1.165) is 0 Å². The van der Waals surface area contributed by atoms with E-state index in [2.05, 4.69) is 10.1 Å². The molecule has 2 aromatic rings. The number of ether oxygens (including phenoxy) is 1. The third kappa shape index (κ3) is 2.48. The molecule has 2 aromatic heterocycles. The number of hydrogen-bond acceptors (Lipinski definition) is 6. The van der Waals surface area contributed by atoms with E-state index in [1.54, 1.807) is 0 Å². The van der Waals surface area contributed by atoms with Crippen molar-refractivity contribution in [2.24, 2.45) is 0 Å². The second-order valence-electron chi connectivity index (χ2n) is 3.31. The fourth-order valence-corrected chi connectivity index (χ4v) is 1.80. The van der Waals surface area contributed by atoms with Crippen molar-refractivity contribution in [3.05, 3.63) is 27.6 Å². The van der Waals surface area contributed by atoms with Crippen LogP contribution in [-0.4, -0.2) is 31.8 Å². The van der Waals surface area contributed by atoms with E-state index < -0.39 is 12.1 Å². The van der Waals surface area contributed by atoms with Crippen molar-refractivity contribution < 1.29 is 14.6 Å². The maximum Gasteiger partial charge on any atom is 0.332 e. The van der Waals surface area contributed by atoms with Gasteiger partial charge in [-0.1, -0.05) is 11.3 Å². The zero-order chi connectivity index (χ0) is 12.4. The molecule has 0 aliphatic rings. The van der Waals surface area contributed by atoms with Gasteiger partial charge >= 0.3 is 5.97 Å². The molecule has 0 spiro atoms. The predicted molar refractivity (Wildman–Crippen MR) is 59.0 cm³/mol. The SMILES string of the molecule is CC(OCc1cc(=O)n2ncsc2n1)C(=O)O. The van der Waals surface area contributed by atoms with Crippen LogP contribution in [0, 0.1) is 0 Å². The Hall–Kier alpha value is -1.80. The van der Waals surface area contributed by atoms with Crippen LogP contribution >= 0.6 is 11.3 Å². The first-order valence-electron chi connectivity index (χ1n) is 4.75. The normalized spacial score (nSPS) is 12.8. The average Bonchev–Trinajstić information content (AvgIpc) is 2.74. The van der Waals surface area contributed by atoms with Crippen LogP contribution in [0.4, 0.5) is 0 Å². The Bertz CT molecular complexity index is 606. The molecule has 0 saturated heterocycles. The molecule has 7 nitrogen and oxygen atoms in total. The number of carboxylic acid groups (broad SMARTS) is 1. The molecule has 1 N–H and O–H groups in total. The number of carbonyl (C=O) groups is 1. The minimum absolute atomic E-state index is 0.0168. The molecule has 2 heterocycles. The highest BCUT2D eigenvalue weighted by atomic mass is 32.1. The Balaban J connectivity index is 2.19. The van der Waals surface area contributed by atoms with Gasteiger partial charge < -0.3 is 9.84 Å². The molecule has 8 heteroatoms. The van der Waals surface area contributed by atoms with Crippen LogP contribution in [0.25, 0.3) is 4.96 Å². The Kier molecular flexibility index (Phi) is 3.16. The maximum atomic E-state index is 11.5. The van der Waals surface area contributed by atoms with Gasteiger partial charge in [0.15, 0.2) is 6.10 Å². The van der Waals surface area contributed by atoms with E-state index in [4.69, 9.17) is 9.84 Å². The third-order valence-corrected chi connectivity index (χ3v) is 2.74. The number of nitrogens with zero attached hydrogens (tertiary/aromatic N) is 3. The van der Waals surface area contributed by atoms with Crippen molar-refractivity contribution in [3.8, 4) is 0 Å². The van der Waals surface area contributed by atoms with E-state index in [9.17, 15) is 9.59 Å². The fraction of sp³-hybridized carbons (Fsp3) is 0.333. The summed E-state index contributed by atoms with van der Waals surface area (Å²) in [6.45, 7) is 1.40. The Morgan fingerprint density at radius 2 is 2.47 bits per heavy atom. The summed E-state index contributed by atoms with van der Waals surface area (Å²) in [5.41, 5.74) is 1.60. The summed E-state index contributed by atoms with van der Waals surface area (Å²) < 4.78 is 6.22. The zero-order valence-corrected chi connectivity index (χ0v) is 9.68. The minimum Gasteiger partial charge on any atom is -0.479 e. The van der Waals surface area contributed by atoms with Gasteiger partial charge in [-0.25, -0.2) is 9.78 Å². The lowest BCUT2D eigenvalue weighted by atomic mass is 10.4. The summed E-state index contributed by atoms with van der Waals surface area (Å²) in [7, 11) is 0. The van der Waals surface area contributed by atoms with Crippen molar-refractivity contribution in [2.45, 2.75) is 19.6 Å². The smallest absolute Gasteiger partial charge is 0.332 e. The molecule has 0 aromatic carbocycles. The molecule has 1 unspecified atom stereocenters. The molecule has 1 atom stereocenters. The first kappa shape index (κ1) is 11.7. The first-order chi connectivity index (χ1) is 8.08. The molecular formula is C9H9N3O4S. The van der Waals surface area contributed by atoms with Crippen LogP contribution in [0.5, 0.6) is 0 Å². The van der Waals surface area contributed by atoms with Crippen LogP contribution in [0.2, 0.25) is 0 Å². The monoisotopic (exact) mass is 255 g/mol. The van der Waals surface area contributed by atoms with Gasteiger partial charge in [-0.3, -0.25) is 4.79 Å². The molecule has 0 radical (unpaired) electrons. The van der Waals surface area contributed by atoms with E-state index in [-0.39, 0.29) is 12.2 Å². The number of rotatable bonds is 4. The number of aliphatic carboxylic acids is 1. The van der Waals surface area contributed by atoms with Crippen molar-refractivity contribution >= 4 is 22.3 Å². The number of hydrogen-bond donors (Lipinski definition) is 1. The van der Waals surface area contributed by atoms with Gasteiger partial charge in [0.1, 0.15) is 5.51 Å². The Morgan fingerprint density at radius 1 is 1.71 bits per heavy atom. The van der Waals surface area contributed by atoms with Gasteiger partial charge in [0.05, 0.1) is 12.3 Å². The zero-order valence-electron chi connectivity index (χ0n) is 8.86. The maximum absolute atomic E-state index is 11.5. The second kappa shape index (κ2) is 4.60. The average molecular weight is 255 g/mol. The Labute approximate surface area is 99.3 Å². The number of carboxylic acids is 1. The molecule has 0 aliphatic carbocycles. The summed E-state index contributed by atoms with van der Waals surface area (Å²) in [4.78, 5) is 26.7. The van der Waals surface area contributed by atoms with E-state index >= 15 is 0 Å². The quantitative estimate of drug-likeness (QED) is 0.835. The first-order valence-corrected chi connectivity index (χ1v) is 5.63. The van der Waals surface area contributed by atoms with E-state index in [1.807, 2.05) is 0 Å². The van der Waals surface area contributed by atoms with Crippen molar-refractivity contribution in [3.63, 3.8) is 0 Å². The predicted octanol–water partition coefficient (Wildman–Crippen LogP) is 0.141. The lowest BCUT2D eigenvalue weighted by molar-refractivity contribution is -0.149. The van der Waals surface area contributed by atoms with Crippen LogP contribution < -0.4 is 5.56 Å². The van der Waals surface area contributed by atoms with E-state index in [0.29, 0.717) is 10.7 Å². The van der Waals surface area contributed by atoms with Crippen LogP contribution in [0.1, 0.15) is 12.6 Å². The van der Waals surface area contributed by atoms with Crippen molar-refractivity contribution in [1.29, 1.82) is 0 Å². The largest absolute Gasteiger partial charge is 0.479 e. The fourth-order valence-electron chi connectivity index (χ4n) is 1.16. The third-order valence-electron chi connectivity index (χ3n) is 2.07. The van der Waals surface area contributed by atoms with Gasteiger partial charge in [0.2, 0.25) is 4.96 Å². The molecule has 90 valence electrons.